The first-order valence-electron chi connectivity index (χ1n) is 7.17. The van der Waals surface area contributed by atoms with Crippen LogP contribution in [-0.2, 0) is 19.1 Å². The maximum absolute atomic E-state index is 12.3. The normalized spacial score (nSPS) is 19.1. The van der Waals surface area contributed by atoms with Gasteiger partial charge in [0.1, 0.15) is 19.5 Å². The lowest BCUT2D eigenvalue weighted by molar-refractivity contribution is -0.124. The molecule has 1 N–H and O–H groups in total. The third-order valence-corrected chi connectivity index (χ3v) is 4.91. The smallest absolute Gasteiger partial charge is 0.293 e. The van der Waals surface area contributed by atoms with Crippen LogP contribution in [0.4, 0.5) is 4.79 Å². The van der Waals surface area contributed by atoms with Crippen LogP contribution in [0.3, 0.4) is 0 Å². The topological polar surface area (TPSA) is 84.9 Å². The Hall–Kier alpha value is -2.26. The summed E-state index contributed by atoms with van der Waals surface area (Å²) < 4.78 is 10.1. The van der Waals surface area contributed by atoms with E-state index in [-0.39, 0.29) is 30.0 Å². The minimum atomic E-state index is -0.434. The van der Waals surface area contributed by atoms with Crippen LogP contribution in [0.15, 0.2) is 34.4 Å². The summed E-state index contributed by atoms with van der Waals surface area (Å²) in [5, 5.41) is 4.16. The summed E-state index contributed by atoms with van der Waals surface area (Å²) >= 11 is 2.39. The number of thiophene rings is 1. The van der Waals surface area contributed by atoms with Crippen LogP contribution in [0.5, 0.6) is 0 Å². The molecule has 3 heterocycles. The molecule has 0 saturated carbocycles. The van der Waals surface area contributed by atoms with Gasteiger partial charge in [-0.15, -0.1) is 11.3 Å². The van der Waals surface area contributed by atoms with Crippen LogP contribution in [0.2, 0.25) is 0 Å². The zero-order valence-electron chi connectivity index (χ0n) is 12.5. The van der Waals surface area contributed by atoms with Crippen molar-refractivity contribution in [3.8, 4) is 0 Å². The van der Waals surface area contributed by atoms with E-state index in [2.05, 4.69) is 5.32 Å². The van der Waals surface area contributed by atoms with Gasteiger partial charge in [-0.2, -0.15) is 0 Å². The summed E-state index contributed by atoms with van der Waals surface area (Å²) in [6.45, 7) is 0.968. The molecule has 126 valence electrons. The van der Waals surface area contributed by atoms with Crippen LogP contribution < -0.4 is 5.32 Å². The number of hydrogen-bond acceptors (Lipinski definition) is 7. The molecule has 24 heavy (non-hydrogen) atoms. The number of ether oxygens (including phenoxy) is 2. The monoisotopic (exact) mass is 366 g/mol. The predicted octanol–water partition coefficient (Wildman–Crippen LogP) is 1.79. The first-order chi connectivity index (χ1) is 11.6. The van der Waals surface area contributed by atoms with Gasteiger partial charge in [0.25, 0.3) is 17.1 Å². The zero-order valence-corrected chi connectivity index (χ0v) is 14.2. The lowest BCUT2D eigenvalue weighted by Gasteiger charge is -2.16. The fourth-order valence-corrected chi connectivity index (χ4v) is 3.64. The van der Waals surface area contributed by atoms with E-state index in [0.717, 1.165) is 21.5 Å². The molecule has 9 heteroatoms. The Labute approximate surface area is 146 Å². The second kappa shape index (κ2) is 7.54. The van der Waals surface area contributed by atoms with Gasteiger partial charge in [0.2, 0.25) is 5.76 Å². The Kier molecular flexibility index (Phi) is 5.21. The molecule has 7 nitrogen and oxygen atoms in total. The molecule has 3 rings (SSSR count). The van der Waals surface area contributed by atoms with Gasteiger partial charge in [-0.1, -0.05) is 6.07 Å². The Balaban J connectivity index is 1.54. The van der Waals surface area contributed by atoms with E-state index >= 15 is 0 Å². The van der Waals surface area contributed by atoms with Crippen molar-refractivity contribution in [2.75, 3.05) is 26.3 Å². The van der Waals surface area contributed by atoms with Gasteiger partial charge < -0.3 is 14.8 Å². The van der Waals surface area contributed by atoms with Gasteiger partial charge in [0.05, 0.1) is 4.91 Å². The molecule has 0 radical (unpaired) electrons. The number of carbonyl (C=O) groups excluding carboxylic acids is 3. The fourth-order valence-electron chi connectivity index (χ4n) is 2.05. The van der Waals surface area contributed by atoms with Crippen molar-refractivity contribution in [3.63, 3.8) is 0 Å². The van der Waals surface area contributed by atoms with Crippen molar-refractivity contribution in [2.24, 2.45) is 0 Å². The van der Waals surface area contributed by atoms with E-state index < -0.39 is 5.91 Å². The Morgan fingerprint density at radius 1 is 1.38 bits per heavy atom. The third-order valence-electron chi connectivity index (χ3n) is 3.18. The minimum Gasteiger partial charge on any atom is -0.494 e. The number of amides is 3. The number of nitrogens with one attached hydrogen (secondary N) is 1. The number of thioether (sulfide) groups is 1. The highest BCUT2D eigenvalue weighted by Gasteiger charge is 2.34. The van der Waals surface area contributed by atoms with Gasteiger partial charge in [-0.3, -0.25) is 19.3 Å². The SMILES string of the molecule is O=C(NCCN1C(=O)SC(=Cc2cccs2)C1=O)C1=COCCO1. The maximum atomic E-state index is 12.3. The first kappa shape index (κ1) is 16.6. The lowest BCUT2D eigenvalue weighted by atomic mass is 10.3. The number of imide groups is 1. The standard InChI is InChI=1S/C15H14N2O5S2/c18-13(11-9-21-5-6-22-11)16-3-4-17-14(19)12(24-15(17)20)8-10-2-1-7-23-10/h1-2,7-9H,3-6H2,(H,16,18). The van der Waals surface area contributed by atoms with Crippen LogP contribution in [-0.4, -0.2) is 48.3 Å². The minimum absolute atomic E-state index is 0.0907. The summed E-state index contributed by atoms with van der Waals surface area (Å²) in [5.41, 5.74) is 0. The Bertz CT molecular complexity index is 711. The Morgan fingerprint density at radius 2 is 2.25 bits per heavy atom. The first-order valence-corrected chi connectivity index (χ1v) is 8.86. The van der Waals surface area contributed by atoms with Gasteiger partial charge in [-0.25, -0.2) is 0 Å². The summed E-state index contributed by atoms with van der Waals surface area (Å²) in [7, 11) is 0. The average molecular weight is 366 g/mol. The van der Waals surface area contributed by atoms with Gasteiger partial charge in [0, 0.05) is 18.0 Å². The van der Waals surface area contributed by atoms with Crippen LogP contribution in [0.1, 0.15) is 4.88 Å². The molecule has 1 saturated heterocycles. The van der Waals surface area contributed by atoms with Gasteiger partial charge in [-0.05, 0) is 29.3 Å². The summed E-state index contributed by atoms with van der Waals surface area (Å²) in [6.07, 6.45) is 2.95. The van der Waals surface area contributed by atoms with E-state index in [9.17, 15) is 14.4 Å². The largest absolute Gasteiger partial charge is 0.494 e. The molecule has 0 atom stereocenters. The highest BCUT2D eigenvalue weighted by molar-refractivity contribution is 8.18. The quantitative estimate of drug-likeness (QED) is 0.800. The number of rotatable bonds is 5. The van der Waals surface area contributed by atoms with E-state index in [0.29, 0.717) is 18.1 Å². The molecule has 0 bridgehead atoms. The van der Waals surface area contributed by atoms with Gasteiger partial charge in [0.15, 0.2) is 0 Å². The third kappa shape index (κ3) is 3.80. The van der Waals surface area contributed by atoms with E-state index in [1.165, 1.54) is 17.6 Å². The molecule has 2 aliphatic rings. The van der Waals surface area contributed by atoms with Crippen molar-refractivity contribution < 1.29 is 23.9 Å². The molecule has 3 amide bonds. The highest BCUT2D eigenvalue weighted by atomic mass is 32.2. The molecule has 0 aromatic carbocycles. The highest BCUT2D eigenvalue weighted by Crippen LogP contribution is 2.32. The summed E-state index contributed by atoms with van der Waals surface area (Å²) in [5.74, 6) is -0.687. The van der Waals surface area contributed by atoms with Crippen molar-refractivity contribution in [1.29, 1.82) is 0 Å². The van der Waals surface area contributed by atoms with Crippen LogP contribution in [0.25, 0.3) is 6.08 Å². The lowest BCUT2D eigenvalue weighted by Crippen LogP contribution is -2.38. The summed E-state index contributed by atoms with van der Waals surface area (Å²) in [6, 6.07) is 3.75. The van der Waals surface area contributed by atoms with Crippen molar-refractivity contribution in [1.82, 2.24) is 10.2 Å². The predicted molar refractivity (Wildman–Crippen MR) is 90.0 cm³/mol. The molecular weight excluding hydrogens is 352 g/mol. The van der Waals surface area contributed by atoms with Crippen LogP contribution in [0, 0.1) is 0 Å². The Morgan fingerprint density at radius 3 is 2.96 bits per heavy atom. The van der Waals surface area contributed by atoms with Crippen molar-refractivity contribution in [3.05, 3.63) is 39.3 Å². The van der Waals surface area contributed by atoms with Gasteiger partial charge >= 0.3 is 0 Å². The average Bonchev–Trinajstić information content (AvgIpc) is 3.19. The molecular formula is C15H14N2O5S2. The molecule has 1 fully saturated rings. The van der Waals surface area contributed by atoms with Crippen molar-refractivity contribution >= 4 is 46.2 Å². The molecule has 0 spiro atoms. The van der Waals surface area contributed by atoms with E-state index in [4.69, 9.17) is 9.47 Å². The zero-order chi connectivity index (χ0) is 16.9. The second-order valence-electron chi connectivity index (χ2n) is 4.81. The molecule has 1 aromatic rings. The molecule has 0 aliphatic carbocycles. The molecule has 1 aromatic heterocycles. The second-order valence-corrected chi connectivity index (χ2v) is 6.78. The number of nitrogens with zero attached hydrogens (tertiary/aromatic N) is 1. The van der Waals surface area contributed by atoms with E-state index in [1.807, 2.05) is 17.5 Å². The van der Waals surface area contributed by atoms with Crippen LogP contribution >= 0.6 is 23.1 Å². The summed E-state index contributed by atoms with van der Waals surface area (Å²) in [4.78, 5) is 38.5. The number of hydrogen-bond donors (Lipinski definition) is 1. The number of carbonyl (C=O) groups is 3. The molecule has 2 aliphatic heterocycles. The van der Waals surface area contributed by atoms with E-state index in [1.54, 1.807) is 6.08 Å². The fraction of sp³-hybridized carbons (Fsp3) is 0.267. The molecule has 0 unspecified atom stereocenters. The van der Waals surface area contributed by atoms with Crippen molar-refractivity contribution in [2.45, 2.75) is 0 Å². The maximum Gasteiger partial charge on any atom is 0.293 e.